The van der Waals surface area contributed by atoms with Crippen LogP contribution in [0.4, 0.5) is 13.2 Å². The van der Waals surface area contributed by atoms with E-state index in [-0.39, 0.29) is 11.6 Å². The lowest BCUT2D eigenvalue weighted by Gasteiger charge is -2.35. The lowest BCUT2D eigenvalue weighted by molar-refractivity contribution is -0.139. The van der Waals surface area contributed by atoms with Gasteiger partial charge < -0.3 is 4.57 Å². The minimum atomic E-state index is -4.82. The summed E-state index contributed by atoms with van der Waals surface area (Å²) in [7, 11) is -4.33. The molecule has 0 radical (unpaired) electrons. The highest BCUT2D eigenvalue weighted by Gasteiger charge is 2.41. The van der Waals surface area contributed by atoms with Gasteiger partial charge >= 0.3 is 6.18 Å². The summed E-state index contributed by atoms with van der Waals surface area (Å²) < 4.78 is 69.0. The second-order valence-electron chi connectivity index (χ2n) is 5.98. The van der Waals surface area contributed by atoms with E-state index in [1.165, 1.54) is 0 Å². The second kappa shape index (κ2) is 6.03. The Bertz CT molecular complexity index is 922. The van der Waals surface area contributed by atoms with Gasteiger partial charge in [0.25, 0.3) is 0 Å². The van der Waals surface area contributed by atoms with Gasteiger partial charge in [-0.3, -0.25) is 0 Å². The van der Waals surface area contributed by atoms with Crippen molar-refractivity contribution in [3.05, 3.63) is 52.3 Å². The van der Waals surface area contributed by atoms with Crippen LogP contribution in [0, 0.1) is 6.92 Å². The minimum absolute atomic E-state index is 0.103. The number of benzene rings is 1. The molecule has 0 bridgehead atoms. The fourth-order valence-corrected chi connectivity index (χ4v) is 5.17. The van der Waals surface area contributed by atoms with Crippen molar-refractivity contribution in [3.8, 4) is 0 Å². The molecule has 1 aromatic heterocycles. The largest absolute Gasteiger partial charge is 0.417 e. The van der Waals surface area contributed by atoms with E-state index in [1.807, 2.05) is 17.6 Å². The first-order valence-electron chi connectivity index (χ1n) is 7.58. The van der Waals surface area contributed by atoms with Gasteiger partial charge in [0.2, 0.25) is 10.0 Å². The van der Waals surface area contributed by atoms with Gasteiger partial charge in [-0.25, -0.2) is 8.42 Å². The second-order valence-corrected chi connectivity index (χ2v) is 8.28. The Morgan fingerprint density at radius 2 is 1.84 bits per heavy atom. The van der Waals surface area contributed by atoms with Crippen LogP contribution in [0.15, 0.2) is 35.2 Å². The molecule has 0 unspecified atom stereocenters. The van der Waals surface area contributed by atoms with Crippen molar-refractivity contribution in [1.29, 1.82) is 0 Å². The van der Waals surface area contributed by atoms with Gasteiger partial charge in [0.05, 0.1) is 16.5 Å². The standard InChI is InChI=1S/C16H16ClF3N2O2S/c1-10-3-5-14-11(2)22(8-7-21(10)14)25(23,24)15-6-4-12(17)9-13(15)16(18,19)20/h3-6,9,11H,7-8H2,1-2H3/t11-/m0/s1. The molecule has 136 valence electrons. The van der Waals surface area contributed by atoms with Gasteiger partial charge in [0.1, 0.15) is 0 Å². The molecule has 0 aliphatic carbocycles. The summed E-state index contributed by atoms with van der Waals surface area (Å²) in [6.07, 6.45) is -4.82. The van der Waals surface area contributed by atoms with E-state index < -0.39 is 32.7 Å². The molecule has 0 saturated carbocycles. The van der Waals surface area contributed by atoms with Crippen LogP contribution in [-0.2, 0) is 22.7 Å². The summed E-state index contributed by atoms with van der Waals surface area (Å²) in [5, 5.41) is -0.164. The molecule has 0 amide bonds. The van der Waals surface area contributed by atoms with E-state index in [2.05, 4.69) is 0 Å². The van der Waals surface area contributed by atoms with Crippen molar-refractivity contribution in [1.82, 2.24) is 8.87 Å². The summed E-state index contributed by atoms with van der Waals surface area (Å²) in [6.45, 7) is 4.07. The minimum Gasteiger partial charge on any atom is -0.346 e. The SMILES string of the molecule is Cc1ccc2n1CCN(S(=O)(=O)c1ccc(Cl)cc1C(F)(F)F)[C@H]2C. The Labute approximate surface area is 148 Å². The first kappa shape index (κ1) is 18.3. The summed E-state index contributed by atoms with van der Waals surface area (Å²) in [5.74, 6) is 0. The highest BCUT2D eigenvalue weighted by atomic mass is 35.5. The monoisotopic (exact) mass is 392 g/mol. The van der Waals surface area contributed by atoms with E-state index >= 15 is 0 Å². The van der Waals surface area contributed by atoms with Crippen molar-refractivity contribution in [2.45, 2.75) is 37.5 Å². The predicted molar refractivity (Wildman–Crippen MR) is 87.9 cm³/mol. The number of aromatic nitrogens is 1. The smallest absolute Gasteiger partial charge is 0.346 e. The zero-order chi connectivity index (χ0) is 18.6. The van der Waals surface area contributed by atoms with Crippen molar-refractivity contribution in [2.24, 2.45) is 0 Å². The Morgan fingerprint density at radius 1 is 1.16 bits per heavy atom. The number of alkyl halides is 3. The van der Waals surface area contributed by atoms with E-state index in [4.69, 9.17) is 11.6 Å². The van der Waals surface area contributed by atoms with Gasteiger partial charge in [-0.05, 0) is 44.2 Å². The molecular formula is C16H16ClF3N2O2S. The number of sulfonamides is 1. The van der Waals surface area contributed by atoms with Crippen LogP contribution < -0.4 is 0 Å². The first-order chi connectivity index (χ1) is 11.5. The average molecular weight is 393 g/mol. The molecule has 25 heavy (non-hydrogen) atoms. The zero-order valence-corrected chi connectivity index (χ0v) is 15.1. The lowest BCUT2D eigenvalue weighted by Crippen LogP contribution is -2.41. The quantitative estimate of drug-likeness (QED) is 0.767. The zero-order valence-electron chi connectivity index (χ0n) is 13.5. The number of hydrogen-bond donors (Lipinski definition) is 0. The molecule has 0 spiro atoms. The van der Waals surface area contributed by atoms with E-state index in [1.54, 1.807) is 13.0 Å². The molecule has 1 aliphatic rings. The number of aryl methyl sites for hydroxylation is 1. The van der Waals surface area contributed by atoms with E-state index in [0.717, 1.165) is 27.8 Å². The highest BCUT2D eigenvalue weighted by Crippen LogP contribution is 2.39. The van der Waals surface area contributed by atoms with Crippen LogP contribution in [0.1, 0.15) is 29.9 Å². The number of nitrogens with zero attached hydrogens (tertiary/aromatic N) is 2. The Balaban J connectivity index is 2.10. The maximum Gasteiger partial charge on any atom is 0.417 e. The Kier molecular flexibility index (Phi) is 4.41. The van der Waals surface area contributed by atoms with Gasteiger partial charge in [0.15, 0.2) is 0 Å². The van der Waals surface area contributed by atoms with Gasteiger partial charge in [0, 0.05) is 29.5 Å². The highest BCUT2D eigenvalue weighted by molar-refractivity contribution is 7.89. The van der Waals surface area contributed by atoms with Crippen LogP contribution in [0.25, 0.3) is 0 Å². The normalized spacial score (nSPS) is 19.0. The van der Waals surface area contributed by atoms with Gasteiger partial charge in [-0.2, -0.15) is 17.5 Å². The molecule has 1 atom stereocenters. The molecule has 3 rings (SSSR count). The molecule has 0 N–H and O–H groups in total. The molecule has 0 saturated heterocycles. The van der Waals surface area contributed by atoms with Crippen LogP contribution in [0.3, 0.4) is 0 Å². The average Bonchev–Trinajstić information content (AvgIpc) is 2.88. The Morgan fingerprint density at radius 3 is 2.48 bits per heavy atom. The van der Waals surface area contributed by atoms with Gasteiger partial charge in [-0.1, -0.05) is 11.6 Å². The maximum absolute atomic E-state index is 13.3. The molecule has 4 nitrogen and oxygen atoms in total. The summed E-state index contributed by atoms with van der Waals surface area (Å²) in [4.78, 5) is -0.770. The molecule has 2 heterocycles. The fourth-order valence-electron chi connectivity index (χ4n) is 3.20. The third-order valence-electron chi connectivity index (χ3n) is 4.47. The van der Waals surface area contributed by atoms with Crippen LogP contribution in [0.2, 0.25) is 5.02 Å². The van der Waals surface area contributed by atoms with Crippen molar-refractivity contribution in [3.63, 3.8) is 0 Å². The fraction of sp³-hybridized carbons (Fsp3) is 0.375. The van der Waals surface area contributed by atoms with E-state index in [0.29, 0.717) is 12.6 Å². The van der Waals surface area contributed by atoms with Crippen molar-refractivity contribution in [2.75, 3.05) is 6.54 Å². The van der Waals surface area contributed by atoms with Crippen molar-refractivity contribution >= 4 is 21.6 Å². The lowest BCUT2D eigenvalue weighted by atomic mass is 10.2. The molecule has 9 heteroatoms. The third kappa shape index (κ3) is 3.07. The Hall–Kier alpha value is -1.51. The number of fused-ring (bicyclic) bond motifs is 1. The molecular weight excluding hydrogens is 377 g/mol. The van der Waals surface area contributed by atoms with E-state index in [9.17, 15) is 21.6 Å². The molecule has 0 fully saturated rings. The van der Waals surface area contributed by atoms with Crippen LogP contribution in [-0.4, -0.2) is 23.8 Å². The maximum atomic E-state index is 13.3. The predicted octanol–water partition coefficient (Wildman–Crippen LogP) is 4.23. The molecule has 1 aliphatic heterocycles. The van der Waals surface area contributed by atoms with Crippen molar-refractivity contribution < 1.29 is 21.6 Å². The van der Waals surface area contributed by atoms with Crippen LogP contribution in [0.5, 0.6) is 0 Å². The van der Waals surface area contributed by atoms with Crippen LogP contribution >= 0.6 is 11.6 Å². The summed E-state index contributed by atoms with van der Waals surface area (Å²) in [6, 6.07) is 5.83. The number of hydrogen-bond acceptors (Lipinski definition) is 2. The molecule has 1 aromatic carbocycles. The van der Waals surface area contributed by atoms with Gasteiger partial charge in [-0.15, -0.1) is 0 Å². The topological polar surface area (TPSA) is 42.3 Å². The molecule has 2 aromatic rings. The third-order valence-corrected chi connectivity index (χ3v) is 6.73. The first-order valence-corrected chi connectivity index (χ1v) is 9.40. The summed E-state index contributed by atoms with van der Waals surface area (Å²) >= 11 is 5.65. The number of halogens is 4. The summed E-state index contributed by atoms with van der Waals surface area (Å²) in [5.41, 5.74) is 0.501. The number of rotatable bonds is 2.